The van der Waals surface area contributed by atoms with Crippen molar-refractivity contribution in [3.63, 3.8) is 0 Å². The van der Waals surface area contributed by atoms with Crippen LogP contribution in [0.15, 0.2) is 23.2 Å². The number of benzene rings is 1. The minimum Gasteiger partial charge on any atom is -0.468 e. The summed E-state index contributed by atoms with van der Waals surface area (Å²) in [6, 6.07) is 4.97. The number of piperidine rings is 1. The third-order valence-corrected chi connectivity index (χ3v) is 7.73. The Balaban J connectivity index is 1.81. The van der Waals surface area contributed by atoms with E-state index < -0.39 is 39.1 Å². The number of nitrogens with zero attached hydrogens (tertiary/aromatic N) is 3. The molecule has 9 nitrogen and oxygen atoms in total. The van der Waals surface area contributed by atoms with Crippen LogP contribution in [0.25, 0.3) is 10.2 Å². The van der Waals surface area contributed by atoms with E-state index in [1.165, 1.54) is 16.6 Å². The fraction of sp³-hybridized carbons (Fsp3) is 0.500. The van der Waals surface area contributed by atoms with Gasteiger partial charge < -0.3 is 14.2 Å². The number of aromatic nitrogens is 1. The molecule has 2 amide bonds. The van der Waals surface area contributed by atoms with Crippen LogP contribution in [0.1, 0.15) is 19.8 Å². The molecule has 0 spiro atoms. The van der Waals surface area contributed by atoms with E-state index >= 15 is 0 Å². The number of methoxy groups -OCH3 is 1. The number of esters is 1. The van der Waals surface area contributed by atoms with E-state index in [4.69, 9.17) is 16.3 Å². The number of likely N-dealkylation sites (tertiary alicyclic amines) is 1. The first kappa shape index (κ1) is 24.4. The maximum atomic E-state index is 12.5. The molecule has 1 fully saturated rings. The first-order valence-electron chi connectivity index (χ1n) is 9.99. The molecule has 1 aliphatic rings. The zero-order valence-corrected chi connectivity index (χ0v) is 20.1. The monoisotopic (exact) mass is 501 g/mol. The van der Waals surface area contributed by atoms with Crippen LogP contribution in [0.4, 0.5) is 0 Å². The van der Waals surface area contributed by atoms with Gasteiger partial charge in [0.2, 0.25) is 5.91 Å². The standard InChI is InChI=1S/C20H24ClN3O6S2/c1-13-4-3-7-23(9-13)18(26)12-32(28,29)11-17(25)22-20-24(10-19(27)30-2)15-6-5-14(21)8-16(15)31-20/h5-6,8,13H,3-4,7,9-12H2,1-2H3. The van der Waals surface area contributed by atoms with Crippen LogP contribution in [-0.2, 0) is 35.5 Å². The lowest BCUT2D eigenvalue weighted by atomic mass is 10.0. The van der Waals surface area contributed by atoms with E-state index in [1.54, 1.807) is 18.2 Å². The van der Waals surface area contributed by atoms with Crippen LogP contribution >= 0.6 is 22.9 Å². The molecule has 12 heteroatoms. The number of halogens is 1. The van der Waals surface area contributed by atoms with Crippen molar-refractivity contribution in [1.82, 2.24) is 9.47 Å². The third-order valence-electron chi connectivity index (χ3n) is 5.08. The fourth-order valence-corrected chi connectivity index (χ4v) is 5.98. The van der Waals surface area contributed by atoms with Crippen molar-refractivity contribution in [2.24, 2.45) is 10.9 Å². The smallest absolute Gasteiger partial charge is 0.325 e. The second kappa shape index (κ2) is 10.1. The summed E-state index contributed by atoms with van der Waals surface area (Å²) in [5, 5.41) is 0.468. The predicted octanol–water partition coefficient (Wildman–Crippen LogP) is 1.63. The molecule has 0 aliphatic carbocycles. The van der Waals surface area contributed by atoms with E-state index in [1.807, 2.05) is 6.92 Å². The summed E-state index contributed by atoms with van der Waals surface area (Å²) >= 11 is 7.12. The van der Waals surface area contributed by atoms with E-state index in [-0.39, 0.29) is 11.3 Å². The van der Waals surface area contributed by atoms with Gasteiger partial charge in [-0.3, -0.25) is 14.4 Å². The summed E-state index contributed by atoms with van der Waals surface area (Å²) in [6.45, 7) is 2.85. The molecule has 0 radical (unpaired) electrons. The van der Waals surface area contributed by atoms with Crippen molar-refractivity contribution in [3.8, 4) is 0 Å². The lowest BCUT2D eigenvalue weighted by Crippen LogP contribution is -2.42. The number of rotatable bonds is 6. The van der Waals surface area contributed by atoms with E-state index in [2.05, 4.69) is 4.99 Å². The molecular formula is C20H24ClN3O6S2. The van der Waals surface area contributed by atoms with Gasteiger partial charge in [0.1, 0.15) is 18.1 Å². The number of amides is 2. The molecule has 32 heavy (non-hydrogen) atoms. The second-order valence-electron chi connectivity index (χ2n) is 7.78. The summed E-state index contributed by atoms with van der Waals surface area (Å²) < 4.78 is 31.8. The zero-order chi connectivity index (χ0) is 23.5. The van der Waals surface area contributed by atoms with Crippen LogP contribution in [-0.4, -0.2) is 67.4 Å². The number of hydrogen-bond donors (Lipinski definition) is 0. The fourth-order valence-electron chi connectivity index (χ4n) is 3.55. The Kier molecular flexibility index (Phi) is 7.73. The number of sulfone groups is 1. The van der Waals surface area contributed by atoms with Crippen LogP contribution in [0.2, 0.25) is 5.02 Å². The number of carbonyl (C=O) groups is 3. The van der Waals surface area contributed by atoms with Gasteiger partial charge in [-0.1, -0.05) is 29.9 Å². The van der Waals surface area contributed by atoms with Crippen LogP contribution < -0.4 is 4.80 Å². The highest BCUT2D eigenvalue weighted by atomic mass is 35.5. The number of fused-ring (bicyclic) bond motifs is 1. The number of ether oxygens (including phenoxy) is 1. The maximum absolute atomic E-state index is 12.5. The maximum Gasteiger partial charge on any atom is 0.325 e. The first-order chi connectivity index (χ1) is 15.1. The Bertz CT molecular complexity index is 1220. The van der Waals surface area contributed by atoms with Crippen molar-refractivity contribution < 1.29 is 27.5 Å². The molecular weight excluding hydrogens is 478 g/mol. The van der Waals surface area contributed by atoms with Crippen molar-refractivity contribution in [3.05, 3.63) is 28.0 Å². The van der Waals surface area contributed by atoms with Crippen LogP contribution in [0.3, 0.4) is 0 Å². The van der Waals surface area contributed by atoms with Crippen LogP contribution in [0, 0.1) is 5.92 Å². The van der Waals surface area contributed by atoms with Crippen LogP contribution in [0.5, 0.6) is 0 Å². The van der Waals surface area contributed by atoms with Gasteiger partial charge in [-0.2, -0.15) is 4.99 Å². The molecule has 1 saturated heterocycles. The Morgan fingerprint density at radius 2 is 2.03 bits per heavy atom. The van der Waals surface area contributed by atoms with Crippen molar-refractivity contribution in [2.75, 3.05) is 31.7 Å². The normalized spacial score (nSPS) is 17.5. The average molecular weight is 502 g/mol. The topological polar surface area (TPSA) is 115 Å². The Hall–Kier alpha value is -2.24. The van der Waals surface area contributed by atoms with Crippen molar-refractivity contribution in [1.29, 1.82) is 0 Å². The van der Waals surface area contributed by atoms with Crippen molar-refractivity contribution >= 4 is 60.8 Å². The Labute approximate surface area is 194 Å². The van der Waals surface area contributed by atoms with E-state index in [0.717, 1.165) is 24.2 Å². The second-order valence-corrected chi connectivity index (χ2v) is 11.3. The summed E-state index contributed by atoms with van der Waals surface area (Å²) in [5.41, 5.74) is 0.605. The quantitative estimate of drug-likeness (QED) is 0.555. The molecule has 1 aromatic heterocycles. The van der Waals surface area contributed by atoms with Gasteiger partial charge in [-0.05, 0) is 37.0 Å². The van der Waals surface area contributed by atoms with Gasteiger partial charge in [-0.25, -0.2) is 8.42 Å². The third kappa shape index (κ3) is 6.17. The minimum absolute atomic E-state index is 0.143. The summed E-state index contributed by atoms with van der Waals surface area (Å²) in [7, 11) is -2.76. The first-order valence-corrected chi connectivity index (χ1v) is 13.0. The molecule has 0 saturated carbocycles. The highest BCUT2D eigenvalue weighted by molar-refractivity contribution is 7.92. The van der Waals surface area contributed by atoms with Gasteiger partial charge in [0.15, 0.2) is 14.6 Å². The predicted molar refractivity (Wildman–Crippen MR) is 121 cm³/mol. The van der Waals surface area contributed by atoms with E-state index in [9.17, 15) is 22.8 Å². The summed E-state index contributed by atoms with van der Waals surface area (Å²) in [5.74, 6) is -3.27. The zero-order valence-electron chi connectivity index (χ0n) is 17.7. The lowest BCUT2D eigenvalue weighted by Gasteiger charge is -2.30. The van der Waals surface area contributed by atoms with Gasteiger partial charge in [0.05, 0.1) is 17.3 Å². The number of hydrogen-bond acceptors (Lipinski definition) is 7. The van der Waals surface area contributed by atoms with Crippen molar-refractivity contribution in [2.45, 2.75) is 26.3 Å². The minimum atomic E-state index is -4.00. The molecule has 1 unspecified atom stereocenters. The Morgan fingerprint density at radius 3 is 2.72 bits per heavy atom. The molecule has 174 valence electrons. The summed E-state index contributed by atoms with van der Waals surface area (Å²) in [6.07, 6.45) is 1.83. The molecule has 0 bridgehead atoms. The Morgan fingerprint density at radius 1 is 1.28 bits per heavy atom. The molecule has 3 rings (SSSR count). The largest absolute Gasteiger partial charge is 0.468 e. The SMILES string of the molecule is COC(=O)Cn1c(=NC(=O)CS(=O)(=O)CC(=O)N2CCCC(C)C2)sc2cc(Cl)ccc21. The van der Waals surface area contributed by atoms with Gasteiger partial charge >= 0.3 is 5.97 Å². The number of thiazole rings is 1. The highest BCUT2D eigenvalue weighted by Crippen LogP contribution is 2.22. The molecule has 1 atom stereocenters. The van der Waals surface area contributed by atoms with Gasteiger partial charge in [0, 0.05) is 18.1 Å². The lowest BCUT2D eigenvalue weighted by molar-refractivity contribution is -0.141. The molecule has 0 N–H and O–H groups in total. The molecule has 1 aromatic carbocycles. The number of carbonyl (C=O) groups excluding carboxylic acids is 3. The average Bonchev–Trinajstić information content (AvgIpc) is 3.02. The molecule has 2 heterocycles. The van der Waals surface area contributed by atoms with E-state index in [0.29, 0.717) is 34.2 Å². The van der Waals surface area contributed by atoms with Gasteiger partial charge in [-0.15, -0.1) is 0 Å². The summed E-state index contributed by atoms with van der Waals surface area (Å²) in [4.78, 5) is 42.3. The molecule has 1 aliphatic heterocycles. The van der Waals surface area contributed by atoms with Gasteiger partial charge in [0.25, 0.3) is 5.91 Å². The molecule has 2 aromatic rings. The highest BCUT2D eigenvalue weighted by Gasteiger charge is 2.27.